The fourth-order valence-electron chi connectivity index (χ4n) is 5.71. The topological polar surface area (TPSA) is 67.4 Å². The van der Waals surface area contributed by atoms with E-state index in [2.05, 4.69) is 31.4 Å². The summed E-state index contributed by atoms with van der Waals surface area (Å²) in [5.74, 6) is 0.701. The molecule has 2 N–H and O–H groups in total. The summed E-state index contributed by atoms with van der Waals surface area (Å²) >= 11 is 1.74. The molecule has 0 saturated carbocycles. The summed E-state index contributed by atoms with van der Waals surface area (Å²) in [5.41, 5.74) is 3.80. The first kappa shape index (κ1) is 24.7. The van der Waals surface area contributed by atoms with Crippen LogP contribution in [0.2, 0.25) is 0 Å². The number of nitrogens with one attached hydrogen (secondary N) is 2. The second-order valence-electron chi connectivity index (χ2n) is 11.0. The van der Waals surface area contributed by atoms with Crippen molar-refractivity contribution in [2.75, 3.05) is 5.32 Å². The lowest BCUT2D eigenvalue weighted by Gasteiger charge is -2.36. The Bertz CT molecular complexity index is 1530. The molecule has 1 aliphatic heterocycles. The predicted octanol–water partition coefficient (Wildman–Crippen LogP) is 7.52. The maximum atomic E-state index is 13.2. The molecule has 0 bridgehead atoms. The van der Waals surface area contributed by atoms with E-state index in [1.807, 2.05) is 48.5 Å². The Kier molecular flexibility index (Phi) is 6.23. The number of hydrogen-bond acceptors (Lipinski definition) is 5. The average Bonchev–Trinajstić information content (AvgIpc) is 3.31. The van der Waals surface area contributed by atoms with Gasteiger partial charge in [-0.1, -0.05) is 75.7 Å². The largest absolute Gasteiger partial charge is 0.423 e. The lowest BCUT2D eigenvalue weighted by Crippen LogP contribution is -2.38. The zero-order valence-corrected chi connectivity index (χ0v) is 22.8. The molecule has 0 spiro atoms. The summed E-state index contributed by atoms with van der Waals surface area (Å²) in [5, 5.41) is 9.51. The zero-order chi connectivity index (χ0) is 26.4. The van der Waals surface area contributed by atoms with E-state index < -0.39 is 5.97 Å². The highest BCUT2D eigenvalue weighted by Crippen LogP contribution is 2.47. The third-order valence-electron chi connectivity index (χ3n) is 8.49. The van der Waals surface area contributed by atoms with Crippen LogP contribution in [0, 0.1) is 11.3 Å². The molecule has 1 aromatic heterocycles. The highest BCUT2D eigenvalue weighted by Gasteiger charge is 2.37. The van der Waals surface area contributed by atoms with Crippen molar-refractivity contribution in [1.82, 2.24) is 5.32 Å². The van der Waals surface area contributed by atoms with Gasteiger partial charge in [0.1, 0.15) is 16.9 Å². The Labute approximate surface area is 227 Å². The third-order valence-corrected chi connectivity index (χ3v) is 9.68. The van der Waals surface area contributed by atoms with Crippen molar-refractivity contribution >= 4 is 39.0 Å². The molecule has 5 nitrogen and oxygen atoms in total. The van der Waals surface area contributed by atoms with E-state index in [1.165, 1.54) is 10.4 Å². The molecule has 1 amide bonds. The van der Waals surface area contributed by atoms with E-state index in [4.69, 9.17) is 4.74 Å². The average molecular weight is 525 g/mol. The molecule has 6 rings (SSSR count). The first-order valence-corrected chi connectivity index (χ1v) is 14.2. The molecule has 2 atom stereocenters. The second kappa shape index (κ2) is 9.59. The Balaban J connectivity index is 1.18. The molecule has 1 aliphatic carbocycles. The summed E-state index contributed by atoms with van der Waals surface area (Å²) in [6.07, 6.45) is 3.97. The molecule has 3 aromatic carbocycles. The van der Waals surface area contributed by atoms with Crippen molar-refractivity contribution < 1.29 is 14.3 Å². The summed E-state index contributed by atoms with van der Waals surface area (Å²) in [6.45, 7) is 6.99. The molecule has 0 radical (unpaired) electrons. The van der Waals surface area contributed by atoms with Crippen molar-refractivity contribution in [3.8, 4) is 5.75 Å². The molecule has 2 aliphatic rings. The molecule has 0 saturated heterocycles. The molecule has 0 unspecified atom stereocenters. The molecule has 38 heavy (non-hydrogen) atoms. The Hall–Kier alpha value is -3.64. The van der Waals surface area contributed by atoms with E-state index in [-0.39, 0.29) is 12.1 Å². The van der Waals surface area contributed by atoms with E-state index in [0.717, 1.165) is 52.6 Å². The molecular weight excluding hydrogens is 492 g/mol. The quantitative estimate of drug-likeness (QED) is 0.209. The molecular formula is C32H32N2O3S. The summed E-state index contributed by atoms with van der Waals surface area (Å²) in [4.78, 5) is 27.5. The van der Waals surface area contributed by atoms with Crippen LogP contribution >= 0.6 is 11.3 Å². The van der Waals surface area contributed by atoms with Gasteiger partial charge < -0.3 is 15.4 Å². The van der Waals surface area contributed by atoms with Gasteiger partial charge in [-0.25, -0.2) is 4.79 Å². The van der Waals surface area contributed by atoms with Gasteiger partial charge in [0.15, 0.2) is 0 Å². The lowest BCUT2D eigenvalue weighted by molar-refractivity contribution is 0.0736. The number of carbonyl (C=O) groups excluding carboxylic acids is 2. The molecule has 4 aromatic rings. The minimum absolute atomic E-state index is 0.0130. The van der Waals surface area contributed by atoms with Crippen molar-refractivity contribution in [2.24, 2.45) is 11.3 Å². The second-order valence-corrected chi connectivity index (χ2v) is 12.1. The Morgan fingerprint density at radius 1 is 1.03 bits per heavy atom. The SMILES string of the molecule is CCC(C)(C)[C@H]1CCc2c(sc3c2C(=O)N[C@@H](c2ccc(OC(=O)c4cccc5ccccc45)cc2)N3)C1. The van der Waals surface area contributed by atoms with Crippen molar-refractivity contribution in [3.05, 3.63) is 93.9 Å². The fourth-order valence-corrected chi connectivity index (χ4v) is 7.07. The van der Waals surface area contributed by atoms with Crippen LogP contribution in [-0.2, 0) is 12.8 Å². The van der Waals surface area contributed by atoms with Gasteiger partial charge in [0, 0.05) is 4.88 Å². The summed E-state index contributed by atoms with van der Waals surface area (Å²) < 4.78 is 5.69. The number of benzene rings is 3. The zero-order valence-electron chi connectivity index (χ0n) is 22.0. The maximum Gasteiger partial charge on any atom is 0.344 e. The number of anilines is 1. The maximum absolute atomic E-state index is 13.2. The van der Waals surface area contributed by atoms with Gasteiger partial charge in [-0.3, -0.25) is 4.79 Å². The van der Waals surface area contributed by atoms with E-state index in [9.17, 15) is 9.59 Å². The van der Waals surface area contributed by atoms with Crippen LogP contribution in [0.3, 0.4) is 0 Å². The third kappa shape index (κ3) is 4.37. The number of hydrogen-bond donors (Lipinski definition) is 2. The fraction of sp³-hybridized carbons (Fsp3) is 0.312. The number of ether oxygens (including phenoxy) is 1. The van der Waals surface area contributed by atoms with E-state index in [1.54, 1.807) is 29.5 Å². The lowest BCUT2D eigenvalue weighted by atomic mass is 9.69. The first-order valence-electron chi connectivity index (χ1n) is 13.4. The first-order chi connectivity index (χ1) is 18.3. The van der Waals surface area contributed by atoms with E-state index >= 15 is 0 Å². The van der Waals surface area contributed by atoms with Gasteiger partial charge in [0.05, 0.1) is 11.1 Å². The number of carbonyl (C=O) groups is 2. The summed E-state index contributed by atoms with van der Waals surface area (Å²) in [6, 6.07) is 20.7. The smallest absolute Gasteiger partial charge is 0.344 e. The van der Waals surface area contributed by atoms with Crippen LogP contribution in [0.1, 0.15) is 76.5 Å². The van der Waals surface area contributed by atoms with Gasteiger partial charge in [-0.15, -0.1) is 11.3 Å². The number of esters is 1. The van der Waals surface area contributed by atoms with Crippen molar-refractivity contribution in [3.63, 3.8) is 0 Å². The van der Waals surface area contributed by atoms with Crippen LogP contribution in [0.15, 0.2) is 66.7 Å². The predicted molar refractivity (Wildman–Crippen MR) is 153 cm³/mol. The Morgan fingerprint density at radius 3 is 2.58 bits per heavy atom. The number of rotatable bonds is 5. The van der Waals surface area contributed by atoms with Gasteiger partial charge in [-0.05, 0) is 70.7 Å². The molecule has 194 valence electrons. The summed E-state index contributed by atoms with van der Waals surface area (Å²) in [7, 11) is 0. The standard InChI is InChI=1S/C32H32N2O3S/c1-4-32(2,3)21-14-17-25-26(18-21)38-30-27(25)29(35)33-28(34-30)20-12-15-22(16-13-20)37-31(36)24-11-7-9-19-8-5-6-10-23(19)24/h5-13,15-16,21,28,34H,4,14,17-18H2,1-3H3,(H,33,35)/t21-,28+/m0/s1. The molecule has 0 fully saturated rings. The van der Waals surface area contributed by atoms with Crippen LogP contribution in [0.25, 0.3) is 10.8 Å². The van der Waals surface area contributed by atoms with Crippen molar-refractivity contribution in [2.45, 2.75) is 52.6 Å². The minimum Gasteiger partial charge on any atom is -0.423 e. The van der Waals surface area contributed by atoms with Gasteiger partial charge in [0.25, 0.3) is 5.91 Å². The Morgan fingerprint density at radius 2 is 1.79 bits per heavy atom. The van der Waals surface area contributed by atoms with Gasteiger partial charge in [0.2, 0.25) is 0 Å². The normalized spacial score (nSPS) is 18.8. The molecule has 2 heterocycles. The van der Waals surface area contributed by atoms with Gasteiger partial charge >= 0.3 is 5.97 Å². The van der Waals surface area contributed by atoms with Gasteiger partial charge in [-0.2, -0.15) is 0 Å². The number of amides is 1. The van der Waals surface area contributed by atoms with Crippen LogP contribution in [0.5, 0.6) is 5.75 Å². The monoisotopic (exact) mass is 524 g/mol. The van der Waals surface area contributed by atoms with Crippen LogP contribution in [0.4, 0.5) is 5.00 Å². The minimum atomic E-state index is -0.392. The van der Waals surface area contributed by atoms with Crippen LogP contribution in [-0.4, -0.2) is 11.9 Å². The number of fused-ring (bicyclic) bond motifs is 4. The van der Waals surface area contributed by atoms with Crippen LogP contribution < -0.4 is 15.4 Å². The number of thiophene rings is 1. The van der Waals surface area contributed by atoms with Crippen molar-refractivity contribution in [1.29, 1.82) is 0 Å². The molecule has 6 heteroatoms. The van der Waals surface area contributed by atoms with E-state index in [0.29, 0.717) is 22.6 Å². The highest BCUT2D eigenvalue weighted by molar-refractivity contribution is 7.16. The highest BCUT2D eigenvalue weighted by atomic mass is 32.1.